The quantitative estimate of drug-likeness (QED) is 0.0234. The zero-order valence-electron chi connectivity index (χ0n) is 36.8. The van der Waals surface area contributed by atoms with E-state index in [2.05, 4.69) is 54.8 Å². The van der Waals surface area contributed by atoms with Gasteiger partial charge in [0.2, 0.25) is 0 Å². The molecule has 58 heavy (non-hydrogen) atoms. The number of hydrogen-bond donors (Lipinski definition) is 3. The van der Waals surface area contributed by atoms with Crippen molar-refractivity contribution in [3.63, 3.8) is 0 Å². The lowest BCUT2D eigenvalue weighted by Gasteiger charge is -2.20. The zero-order chi connectivity index (χ0) is 42.6. The van der Waals surface area contributed by atoms with Gasteiger partial charge in [0.15, 0.2) is 6.10 Å². The van der Waals surface area contributed by atoms with Crippen molar-refractivity contribution in [1.82, 2.24) is 0 Å². The van der Waals surface area contributed by atoms with Gasteiger partial charge in [-0.25, -0.2) is 4.57 Å². The van der Waals surface area contributed by atoms with Crippen molar-refractivity contribution in [3.05, 3.63) is 48.6 Å². The average molecular weight is 841 g/mol. The molecular weight excluding hydrogens is 755 g/mol. The lowest BCUT2D eigenvalue weighted by molar-refractivity contribution is -0.161. The summed E-state index contributed by atoms with van der Waals surface area (Å²) in [4.78, 5) is 35.0. The summed E-state index contributed by atoms with van der Waals surface area (Å²) < 4.78 is 32.7. The van der Waals surface area contributed by atoms with Crippen LogP contribution < -0.4 is 0 Å². The molecule has 0 aromatic carbocycles. The van der Waals surface area contributed by atoms with Crippen LogP contribution in [0, 0.1) is 0 Å². The first-order valence-electron chi connectivity index (χ1n) is 23.1. The molecule has 3 atom stereocenters. The number of carbonyl (C=O) groups is 2. The molecule has 0 aliphatic carbocycles. The van der Waals surface area contributed by atoms with Crippen LogP contribution in [0.2, 0.25) is 0 Å². The Bertz CT molecular complexity index is 1110. The monoisotopic (exact) mass is 841 g/mol. The van der Waals surface area contributed by atoms with E-state index in [0.717, 1.165) is 44.9 Å². The molecule has 0 rings (SSSR count). The van der Waals surface area contributed by atoms with E-state index in [1.165, 1.54) is 109 Å². The Balaban J connectivity index is 4.32. The number of esters is 2. The molecule has 0 aromatic rings. The first-order valence-corrected chi connectivity index (χ1v) is 24.6. The van der Waals surface area contributed by atoms with Crippen LogP contribution in [-0.2, 0) is 32.7 Å². The minimum atomic E-state index is -4.63. The highest BCUT2D eigenvalue weighted by molar-refractivity contribution is 7.47. The van der Waals surface area contributed by atoms with Crippen LogP contribution in [0.4, 0.5) is 0 Å². The minimum absolute atomic E-state index is 0.109. The Morgan fingerprint density at radius 1 is 0.517 bits per heavy atom. The van der Waals surface area contributed by atoms with E-state index in [-0.39, 0.29) is 19.4 Å². The van der Waals surface area contributed by atoms with Crippen LogP contribution in [0.1, 0.15) is 200 Å². The largest absolute Gasteiger partial charge is 0.472 e. The zero-order valence-corrected chi connectivity index (χ0v) is 37.6. The Morgan fingerprint density at radius 2 is 0.914 bits per heavy atom. The predicted octanol–water partition coefficient (Wildman–Crippen LogP) is 12.5. The van der Waals surface area contributed by atoms with Gasteiger partial charge >= 0.3 is 19.8 Å². The maximum atomic E-state index is 12.6. The molecule has 0 aromatic heterocycles. The number of aliphatic hydroxyl groups is 2. The molecule has 0 amide bonds. The van der Waals surface area contributed by atoms with Gasteiger partial charge in [0.1, 0.15) is 12.7 Å². The highest BCUT2D eigenvalue weighted by Crippen LogP contribution is 2.43. The summed E-state index contributed by atoms with van der Waals surface area (Å²) in [6.07, 6.45) is 46.5. The Kier molecular flexibility index (Phi) is 41.5. The van der Waals surface area contributed by atoms with Crippen molar-refractivity contribution >= 4 is 19.8 Å². The van der Waals surface area contributed by atoms with E-state index in [9.17, 15) is 24.2 Å². The Hall–Kier alpha value is -2.07. The van der Waals surface area contributed by atoms with Gasteiger partial charge in [-0.3, -0.25) is 18.6 Å². The van der Waals surface area contributed by atoms with Crippen LogP contribution >= 0.6 is 7.82 Å². The number of hydrogen-bond acceptors (Lipinski definition) is 9. The summed E-state index contributed by atoms with van der Waals surface area (Å²) in [5.74, 6) is -0.985. The number of allylic oxidation sites excluding steroid dienone is 8. The molecule has 0 bridgehead atoms. The molecule has 1 unspecified atom stereocenters. The number of unbranched alkanes of at least 4 members (excludes halogenated alkanes) is 21. The van der Waals surface area contributed by atoms with E-state index in [1.54, 1.807) is 0 Å². The second-order valence-corrected chi connectivity index (χ2v) is 16.9. The number of aliphatic hydroxyl groups excluding tert-OH is 2. The van der Waals surface area contributed by atoms with Crippen molar-refractivity contribution in [2.24, 2.45) is 0 Å². The van der Waals surface area contributed by atoms with Crippen LogP contribution in [-0.4, -0.2) is 65.7 Å². The van der Waals surface area contributed by atoms with E-state index in [1.807, 2.05) is 12.2 Å². The predicted molar refractivity (Wildman–Crippen MR) is 237 cm³/mol. The number of ether oxygens (including phenoxy) is 2. The van der Waals surface area contributed by atoms with Gasteiger partial charge in [-0.05, 0) is 51.4 Å². The molecule has 0 spiro atoms. The highest BCUT2D eigenvalue weighted by atomic mass is 31.2. The summed E-state index contributed by atoms with van der Waals surface area (Å²) in [7, 11) is -4.63. The number of carbonyl (C=O) groups excluding carboxylic acids is 2. The molecule has 0 saturated carbocycles. The van der Waals surface area contributed by atoms with Crippen LogP contribution in [0.5, 0.6) is 0 Å². The van der Waals surface area contributed by atoms with Crippen molar-refractivity contribution in [1.29, 1.82) is 0 Å². The standard InChI is InChI=1S/C47H85O10P/c1-3-5-7-9-11-13-15-17-19-21-23-24-26-28-30-32-34-36-38-46(50)54-42-45(43-56-58(52,53)55-41-44(49)40-48)57-47(51)39-37-35-33-31-29-27-25-22-20-18-16-14-12-10-8-6-4-2/h12,14,18,20,25,27,31,33,44-45,48-49H,3-11,13,15-17,19,21-24,26,28-30,32,34-43H2,1-2H3,(H,52,53)/b14-12+,20-18+,27-25+,33-31+/t44-,45+/m0/s1. The fraction of sp³-hybridized carbons (Fsp3) is 0.787. The SMILES string of the molecule is CCCCC/C=C/C/C=C/C/C=C/C/C=C/CCCC(=O)O[C@H](COC(=O)CCCCCCCCCCCCCCCCCCCC)COP(=O)(O)OC[C@@H](O)CO. The van der Waals surface area contributed by atoms with Gasteiger partial charge in [-0.1, -0.05) is 184 Å². The summed E-state index contributed by atoms with van der Waals surface area (Å²) in [5.41, 5.74) is 0. The van der Waals surface area contributed by atoms with Gasteiger partial charge in [-0.2, -0.15) is 0 Å². The minimum Gasteiger partial charge on any atom is -0.462 e. The third-order valence-electron chi connectivity index (χ3n) is 9.74. The van der Waals surface area contributed by atoms with E-state index >= 15 is 0 Å². The van der Waals surface area contributed by atoms with Gasteiger partial charge in [-0.15, -0.1) is 0 Å². The molecule has 0 fully saturated rings. The van der Waals surface area contributed by atoms with E-state index < -0.39 is 51.8 Å². The fourth-order valence-electron chi connectivity index (χ4n) is 6.16. The van der Waals surface area contributed by atoms with E-state index in [0.29, 0.717) is 19.3 Å². The summed E-state index contributed by atoms with van der Waals surface area (Å²) in [5, 5.41) is 18.3. The molecule has 11 heteroatoms. The smallest absolute Gasteiger partial charge is 0.462 e. The lowest BCUT2D eigenvalue weighted by Crippen LogP contribution is -2.29. The normalized spacial score (nSPS) is 14.2. The molecule has 0 saturated heterocycles. The van der Waals surface area contributed by atoms with E-state index in [4.69, 9.17) is 19.1 Å². The molecular formula is C47H85O10P. The molecule has 0 heterocycles. The first-order chi connectivity index (χ1) is 28.2. The van der Waals surface area contributed by atoms with Crippen molar-refractivity contribution in [3.8, 4) is 0 Å². The Morgan fingerprint density at radius 3 is 1.40 bits per heavy atom. The van der Waals surface area contributed by atoms with Crippen LogP contribution in [0.3, 0.4) is 0 Å². The fourth-order valence-corrected chi connectivity index (χ4v) is 6.95. The Labute approximate surface area is 353 Å². The topological polar surface area (TPSA) is 149 Å². The first kappa shape index (κ1) is 55.9. The van der Waals surface area contributed by atoms with Gasteiger partial charge in [0.05, 0.1) is 19.8 Å². The maximum absolute atomic E-state index is 12.6. The molecule has 0 aliphatic heterocycles. The van der Waals surface area contributed by atoms with Gasteiger partial charge in [0, 0.05) is 12.8 Å². The second-order valence-electron chi connectivity index (χ2n) is 15.4. The number of phosphoric ester groups is 1. The number of phosphoric acid groups is 1. The van der Waals surface area contributed by atoms with Crippen LogP contribution in [0.25, 0.3) is 0 Å². The molecule has 3 N–H and O–H groups in total. The summed E-state index contributed by atoms with van der Waals surface area (Å²) in [6, 6.07) is 0. The lowest BCUT2D eigenvalue weighted by atomic mass is 10.0. The third-order valence-corrected chi connectivity index (χ3v) is 10.7. The third kappa shape index (κ3) is 42.1. The second kappa shape index (κ2) is 43.0. The maximum Gasteiger partial charge on any atom is 0.472 e. The van der Waals surface area contributed by atoms with Crippen molar-refractivity contribution < 1.29 is 47.8 Å². The van der Waals surface area contributed by atoms with Crippen molar-refractivity contribution in [2.45, 2.75) is 212 Å². The molecule has 338 valence electrons. The molecule has 10 nitrogen and oxygen atoms in total. The summed E-state index contributed by atoms with van der Waals surface area (Å²) >= 11 is 0. The van der Waals surface area contributed by atoms with Gasteiger partial charge < -0.3 is 24.6 Å². The number of rotatable bonds is 43. The molecule has 0 aliphatic rings. The van der Waals surface area contributed by atoms with Crippen molar-refractivity contribution in [2.75, 3.05) is 26.4 Å². The average Bonchev–Trinajstić information content (AvgIpc) is 3.21. The molecule has 0 radical (unpaired) electrons. The summed E-state index contributed by atoms with van der Waals surface area (Å²) in [6.45, 7) is 2.31. The van der Waals surface area contributed by atoms with Gasteiger partial charge in [0.25, 0.3) is 0 Å². The van der Waals surface area contributed by atoms with Crippen LogP contribution in [0.15, 0.2) is 48.6 Å². The highest BCUT2D eigenvalue weighted by Gasteiger charge is 2.27.